The summed E-state index contributed by atoms with van der Waals surface area (Å²) in [6.45, 7) is 8.84. The number of nitrogens with one attached hydrogen (secondary N) is 2. The molecule has 3 N–H and O–H groups in total. The third-order valence-electron chi connectivity index (χ3n) is 6.53. The Labute approximate surface area is 223 Å². The van der Waals surface area contributed by atoms with E-state index < -0.39 is 29.7 Å². The monoisotopic (exact) mass is 517 g/mol. The van der Waals surface area contributed by atoms with Crippen LogP contribution < -0.4 is 10.6 Å². The number of fused-ring (bicyclic) bond motifs is 1. The number of nitrogens with zero attached hydrogens (tertiary/aromatic N) is 1. The van der Waals surface area contributed by atoms with Gasteiger partial charge in [-0.25, -0.2) is 4.79 Å². The van der Waals surface area contributed by atoms with Gasteiger partial charge in [0, 0.05) is 11.7 Å². The molecule has 200 valence electrons. The summed E-state index contributed by atoms with van der Waals surface area (Å²) in [7, 11) is 0. The Morgan fingerprint density at radius 1 is 1.00 bits per heavy atom. The maximum atomic E-state index is 13.9. The second-order valence-corrected chi connectivity index (χ2v) is 10.9. The Kier molecular flexibility index (Phi) is 7.62. The van der Waals surface area contributed by atoms with Gasteiger partial charge in [0.25, 0.3) is 5.91 Å². The van der Waals surface area contributed by atoms with Crippen molar-refractivity contribution in [2.24, 2.45) is 5.92 Å². The van der Waals surface area contributed by atoms with E-state index in [1.165, 1.54) is 12.1 Å². The highest BCUT2D eigenvalue weighted by Crippen LogP contribution is 2.41. The van der Waals surface area contributed by atoms with Crippen molar-refractivity contribution in [3.05, 3.63) is 72.3 Å². The highest BCUT2D eigenvalue weighted by molar-refractivity contribution is 6.00. The molecule has 0 aromatic heterocycles. The Morgan fingerprint density at radius 2 is 1.63 bits per heavy atom. The van der Waals surface area contributed by atoms with Gasteiger partial charge in [-0.15, -0.1) is 0 Å². The molecule has 38 heavy (non-hydrogen) atoms. The van der Waals surface area contributed by atoms with E-state index >= 15 is 0 Å². The highest BCUT2D eigenvalue weighted by atomic mass is 16.6. The smallest absolute Gasteiger partial charge is 0.408 e. The van der Waals surface area contributed by atoms with Crippen molar-refractivity contribution in [3.63, 3.8) is 0 Å². The minimum Gasteiger partial charge on any atom is -0.508 e. The van der Waals surface area contributed by atoms with Crippen LogP contribution in [-0.4, -0.2) is 45.6 Å². The topological polar surface area (TPSA) is 108 Å². The molecule has 1 aliphatic rings. The average Bonchev–Trinajstić information content (AvgIpc) is 3.57. The van der Waals surface area contributed by atoms with Crippen LogP contribution in [-0.2, 0) is 14.3 Å². The van der Waals surface area contributed by atoms with Crippen molar-refractivity contribution in [1.29, 1.82) is 0 Å². The van der Waals surface area contributed by atoms with Gasteiger partial charge in [0.1, 0.15) is 23.4 Å². The molecule has 1 aliphatic carbocycles. The molecule has 0 aliphatic heterocycles. The molecule has 0 spiro atoms. The van der Waals surface area contributed by atoms with Gasteiger partial charge in [-0.3, -0.25) is 9.59 Å². The number of benzene rings is 3. The van der Waals surface area contributed by atoms with Crippen molar-refractivity contribution in [2.45, 2.75) is 64.8 Å². The minimum atomic E-state index is -0.979. The lowest BCUT2D eigenvalue weighted by Gasteiger charge is -2.34. The first-order valence-electron chi connectivity index (χ1n) is 12.8. The van der Waals surface area contributed by atoms with Gasteiger partial charge in [-0.2, -0.15) is 0 Å². The number of phenols is 1. The Hall–Kier alpha value is -4.07. The first kappa shape index (κ1) is 27.0. The van der Waals surface area contributed by atoms with Gasteiger partial charge >= 0.3 is 6.09 Å². The van der Waals surface area contributed by atoms with Crippen LogP contribution in [0.2, 0.25) is 0 Å². The number of aromatic hydroxyl groups is 1. The van der Waals surface area contributed by atoms with Crippen LogP contribution in [0.3, 0.4) is 0 Å². The summed E-state index contributed by atoms with van der Waals surface area (Å²) in [6.07, 6.45) is 0.0341. The van der Waals surface area contributed by atoms with Crippen LogP contribution in [0.15, 0.2) is 66.7 Å². The number of hydrogen-bond acceptors (Lipinski definition) is 5. The number of anilines is 1. The maximum absolute atomic E-state index is 13.9. The highest BCUT2D eigenvalue weighted by Gasteiger charge is 2.47. The molecule has 3 aromatic carbocycles. The Bertz CT molecular complexity index is 1330. The minimum absolute atomic E-state index is 0.0556. The van der Waals surface area contributed by atoms with Crippen molar-refractivity contribution in [1.82, 2.24) is 10.2 Å². The fourth-order valence-electron chi connectivity index (χ4n) is 4.51. The van der Waals surface area contributed by atoms with Crippen molar-refractivity contribution < 1.29 is 24.2 Å². The maximum Gasteiger partial charge on any atom is 0.408 e. The number of ether oxygens (including phenoxy) is 1. The number of alkyl carbamates (subject to hydrolysis) is 1. The number of hydrogen-bond donors (Lipinski definition) is 3. The second kappa shape index (κ2) is 10.7. The predicted molar refractivity (Wildman–Crippen MR) is 147 cm³/mol. The molecule has 3 amide bonds. The number of carbonyl (C=O) groups is 3. The molecule has 4 rings (SSSR count). The zero-order valence-electron chi connectivity index (χ0n) is 22.4. The number of amides is 3. The fourth-order valence-corrected chi connectivity index (χ4v) is 4.51. The summed E-state index contributed by atoms with van der Waals surface area (Å²) in [5.41, 5.74) is 0.443. The molecule has 4 unspecified atom stereocenters. The van der Waals surface area contributed by atoms with E-state index in [0.717, 1.165) is 17.2 Å². The Balaban J connectivity index is 1.65. The molecule has 0 bridgehead atoms. The summed E-state index contributed by atoms with van der Waals surface area (Å²) >= 11 is 0. The van der Waals surface area contributed by atoms with Gasteiger partial charge in [-0.1, -0.05) is 49.4 Å². The zero-order chi connectivity index (χ0) is 27.6. The third kappa shape index (κ3) is 6.43. The second-order valence-electron chi connectivity index (χ2n) is 10.9. The van der Waals surface area contributed by atoms with Crippen LogP contribution in [0, 0.1) is 5.92 Å². The van der Waals surface area contributed by atoms with Gasteiger partial charge in [0.05, 0.1) is 0 Å². The van der Waals surface area contributed by atoms with E-state index in [9.17, 15) is 19.5 Å². The first-order valence-corrected chi connectivity index (χ1v) is 12.8. The van der Waals surface area contributed by atoms with E-state index in [1.807, 2.05) is 49.4 Å². The van der Waals surface area contributed by atoms with Crippen molar-refractivity contribution in [2.75, 3.05) is 5.32 Å². The molecule has 0 heterocycles. The Morgan fingerprint density at radius 3 is 2.24 bits per heavy atom. The third-order valence-corrected chi connectivity index (χ3v) is 6.53. The van der Waals surface area contributed by atoms with Crippen molar-refractivity contribution in [3.8, 4) is 5.75 Å². The van der Waals surface area contributed by atoms with Gasteiger partial charge in [0.15, 0.2) is 0 Å². The SMILES string of the molecule is CC(NC(=O)OC(C)(C)C)C(=O)N(C(C(=O)Nc1ccc2ccccc2c1)c1ccc(O)cc1)C1CC1C. The molecule has 0 saturated heterocycles. The normalized spacial score (nSPS) is 18.2. The lowest BCUT2D eigenvalue weighted by molar-refractivity contribution is -0.141. The van der Waals surface area contributed by atoms with E-state index in [1.54, 1.807) is 44.7 Å². The van der Waals surface area contributed by atoms with E-state index in [2.05, 4.69) is 10.6 Å². The summed E-state index contributed by atoms with van der Waals surface area (Å²) in [4.78, 5) is 41.6. The molecule has 8 nitrogen and oxygen atoms in total. The zero-order valence-corrected chi connectivity index (χ0v) is 22.4. The molecule has 3 aromatic rings. The lowest BCUT2D eigenvalue weighted by Crippen LogP contribution is -2.52. The van der Waals surface area contributed by atoms with E-state index in [-0.39, 0.29) is 23.6 Å². The van der Waals surface area contributed by atoms with E-state index in [0.29, 0.717) is 11.3 Å². The number of phenolic OH excluding ortho intramolecular Hbond substituents is 1. The molecular formula is C30H35N3O5. The van der Waals surface area contributed by atoms with Gasteiger partial charge in [0.2, 0.25) is 5.91 Å². The standard InChI is InChI=1S/C30H35N3O5/c1-18-16-25(18)33(28(36)19(2)31-29(37)38-30(3,4)5)26(21-11-14-24(34)15-12-21)27(35)32-23-13-10-20-8-6-7-9-22(20)17-23/h6-15,17-19,25-26,34H,16H2,1-5H3,(H,31,37)(H,32,35). The number of rotatable bonds is 7. The molecular weight excluding hydrogens is 482 g/mol. The summed E-state index contributed by atoms with van der Waals surface area (Å²) in [6, 6.07) is 17.7. The first-order chi connectivity index (χ1) is 17.9. The molecule has 1 saturated carbocycles. The summed E-state index contributed by atoms with van der Waals surface area (Å²) in [5.74, 6) is -0.527. The molecule has 1 fully saturated rings. The predicted octanol–water partition coefficient (Wildman–Crippen LogP) is 5.38. The van der Waals surface area contributed by atoms with Gasteiger partial charge < -0.3 is 25.4 Å². The quantitative estimate of drug-likeness (QED) is 0.390. The average molecular weight is 518 g/mol. The van der Waals surface area contributed by atoms with Gasteiger partial charge in [-0.05, 0) is 80.6 Å². The molecule has 0 radical (unpaired) electrons. The summed E-state index contributed by atoms with van der Waals surface area (Å²) in [5, 5.41) is 17.5. The lowest BCUT2D eigenvalue weighted by atomic mass is 10.0. The number of carbonyl (C=O) groups excluding carboxylic acids is 3. The van der Waals surface area contributed by atoms with Crippen LogP contribution in [0.5, 0.6) is 5.75 Å². The van der Waals surface area contributed by atoms with Crippen LogP contribution in [0.1, 0.15) is 52.6 Å². The van der Waals surface area contributed by atoms with Crippen LogP contribution in [0.4, 0.5) is 10.5 Å². The van der Waals surface area contributed by atoms with E-state index in [4.69, 9.17) is 4.74 Å². The van der Waals surface area contributed by atoms with Crippen molar-refractivity contribution >= 4 is 34.4 Å². The summed E-state index contributed by atoms with van der Waals surface area (Å²) < 4.78 is 5.33. The molecule has 4 atom stereocenters. The van der Waals surface area contributed by atoms with Crippen LogP contribution in [0.25, 0.3) is 10.8 Å². The largest absolute Gasteiger partial charge is 0.508 e. The molecule has 8 heteroatoms. The fraction of sp³-hybridized carbons (Fsp3) is 0.367. The van der Waals surface area contributed by atoms with Crippen LogP contribution >= 0.6 is 0 Å².